The predicted molar refractivity (Wildman–Crippen MR) is 84.1 cm³/mol. The topological polar surface area (TPSA) is 77.8 Å². The van der Waals surface area contributed by atoms with E-state index < -0.39 is 24.5 Å². The summed E-state index contributed by atoms with van der Waals surface area (Å²) in [4.78, 5) is 25.5. The average Bonchev–Trinajstić information content (AvgIpc) is 2.87. The summed E-state index contributed by atoms with van der Waals surface area (Å²) in [5, 5.41) is 20.1. The highest BCUT2D eigenvalue weighted by Gasteiger charge is 2.45. The summed E-state index contributed by atoms with van der Waals surface area (Å²) in [7, 11) is 0. The first-order valence-electron chi connectivity index (χ1n) is 7.14. The third kappa shape index (κ3) is 2.51. The summed E-state index contributed by atoms with van der Waals surface area (Å²) >= 11 is 0. The minimum absolute atomic E-state index is 0.0125. The van der Waals surface area contributed by atoms with Crippen molar-refractivity contribution in [2.75, 3.05) is 6.73 Å². The molecule has 1 heterocycles. The van der Waals surface area contributed by atoms with Gasteiger partial charge in [0.05, 0.1) is 11.6 Å². The van der Waals surface area contributed by atoms with Crippen molar-refractivity contribution in [3.63, 3.8) is 0 Å². The lowest BCUT2D eigenvalue weighted by atomic mass is 9.95. The molecule has 0 bridgehead atoms. The predicted octanol–water partition coefficient (Wildman–Crippen LogP) is 2.06. The molecular weight excluding hydrogens is 294 g/mol. The molecule has 1 atom stereocenters. The zero-order chi connectivity index (χ0) is 16.4. The lowest BCUT2D eigenvalue weighted by Gasteiger charge is -2.22. The molecule has 0 aliphatic carbocycles. The third-order valence-corrected chi connectivity index (χ3v) is 3.85. The zero-order valence-corrected chi connectivity index (χ0v) is 12.2. The second-order valence-corrected chi connectivity index (χ2v) is 5.19. The normalized spacial score (nSPS) is 20.0. The summed E-state index contributed by atoms with van der Waals surface area (Å²) in [6, 6.07) is 16.6. The molecule has 0 aromatic heterocycles. The van der Waals surface area contributed by atoms with Gasteiger partial charge in [0.25, 0.3) is 11.7 Å². The first-order valence-corrected chi connectivity index (χ1v) is 7.14. The Balaban J connectivity index is 2.20. The minimum Gasteiger partial charge on any atom is -0.507 e. The number of aliphatic hydroxyl groups excluding tert-OH is 2. The van der Waals surface area contributed by atoms with Gasteiger partial charge in [-0.05, 0) is 5.56 Å². The lowest BCUT2D eigenvalue weighted by Crippen LogP contribution is -2.30. The number of hydrogen-bond donors (Lipinski definition) is 2. The van der Waals surface area contributed by atoms with Crippen LogP contribution in [0.25, 0.3) is 5.76 Å². The third-order valence-electron chi connectivity index (χ3n) is 3.85. The number of aliphatic hydroxyl groups is 2. The van der Waals surface area contributed by atoms with Crippen LogP contribution in [-0.2, 0) is 9.59 Å². The van der Waals surface area contributed by atoms with Crippen LogP contribution >= 0.6 is 0 Å². The number of ketones is 1. The van der Waals surface area contributed by atoms with E-state index >= 15 is 0 Å². The molecule has 116 valence electrons. The Bertz CT molecular complexity index is 768. The number of nitrogens with zero attached hydrogens (tertiary/aromatic N) is 1. The van der Waals surface area contributed by atoms with Gasteiger partial charge in [0.15, 0.2) is 0 Å². The molecular formula is C18H15NO4. The van der Waals surface area contributed by atoms with Crippen LogP contribution in [0.4, 0.5) is 0 Å². The van der Waals surface area contributed by atoms with Crippen molar-refractivity contribution in [1.82, 2.24) is 4.90 Å². The Kier molecular flexibility index (Phi) is 3.95. The smallest absolute Gasteiger partial charge is 0.297 e. The molecule has 0 unspecified atom stereocenters. The van der Waals surface area contributed by atoms with Crippen molar-refractivity contribution in [1.29, 1.82) is 0 Å². The summed E-state index contributed by atoms with van der Waals surface area (Å²) in [6.07, 6.45) is 0. The van der Waals surface area contributed by atoms with Crippen LogP contribution < -0.4 is 0 Å². The number of benzene rings is 2. The van der Waals surface area contributed by atoms with E-state index in [-0.39, 0.29) is 11.3 Å². The number of hydrogen-bond acceptors (Lipinski definition) is 4. The summed E-state index contributed by atoms with van der Waals surface area (Å²) < 4.78 is 0. The van der Waals surface area contributed by atoms with Crippen molar-refractivity contribution in [3.05, 3.63) is 77.4 Å². The van der Waals surface area contributed by atoms with Crippen molar-refractivity contribution in [3.8, 4) is 0 Å². The van der Waals surface area contributed by atoms with Crippen LogP contribution in [0.2, 0.25) is 0 Å². The van der Waals surface area contributed by atoms with E-state index in [1.54, 1.807) is 54.6 Å². The SMILES string of the molecule is O=C1C(=O)N(CO)[C@@H](c2ccccc2)C1=C(O)c1ccccc1. The van der Waals surface area contributed by atoms with E-state index in [4.69, 9.17) is 0 Å². The maximum atomic E-state index is 12.4. The lowest BCUT2D eigenvalue weighted by molar-refractivity contribution is -0.142. The molecule has 5 heteroatoms. The second-order valence-electron chi connectivity index (χ2n) is 5.19. The molecule has 0 saturated carbocycles. The maximum absolute atomic E-state index is 12.4. The van der Waals surface area contributed by atoms with Crippen LogP contribution in [0.1, 0.15) is 17.2 Å². The fourth-order valence-electron chi connectivity index (χ4n) is 2.76. The van der Waals surface area contributed by atoms with E-state index in [1.165, 1.54) is 0 Å². The van der Waals surface area contributed by atoms with Gasteiger partial charge in [0.1, 0.15) is 12.5 Å². The molecule has 2 N–H and O–H groups in total. The van der Waals surface area contributed by atoms with Crippen LogP contribution in [0.15, 0.2) is 66.2 Å². The average molecular weight is 309 g/mol. The molecule has 2 aromatic rings. The number of amides is 1. The summed E-state index contributed by atoms with van der Waals surface area (Å²) in [6.45, 7) is -0.601. The molecule has 1 fully saturated rings. The van der Waals surface area contributed by atoms with Crippen molar-refractivity contribution in [2.45, 2.75) is 6.04 Å². The molecule has 3 rings (SSSR count). The molecule has 2 aromatic carbocycles. The van der Waals surface area contributed by atoms with E-state index in [0.29, 0.717) is 11.1 Å². The van der Waals surface area contributed by atoms with Gasteiger partial charge in [-0.1, -0.05) is 60.7 Å². The maximum Gasteiger partial charge on any atom is 0.297 e. The number of likely N-dealkylation sites (tertiary alicyclic amines) is 1. The first kappa shape index (κ1) is 15.0. The second kappa shape index (κ2) is 6.06. The fourth-order valence-corrected chi connectivity index (χ4v) is 2.76. The number of Topliss-reactive ketones (excluding diaryl/α,β-unsaturated/α-hetero) is 1. The van der Waals surface area contributed by atoms with Gasteiger partial charge < -0.3 is 15.1 Å². The highest BCUT2D eigenvalue weighted by Crippen LogP contribution is 2.38. The number of rotatable bonds is 3. The molecule has 1 saturated heterocycles. The number of carbonyl (C=O) groups is 2. The highest BCUT2D eigenvalue weighted by molar-refractivity contribution is 6.46. The summed E-state index contributed by atoms with van der Waals surface area (Å²) in [5.74, 6) is -1.86. The van der Waals surface area contributed by atoms with E-state index in [1.807, 2.05) is 6.07 Å². The van der Waals surface area contributed by atoms with Gasteiger partial charge >= 0.3 is 0 Å². The first-order chi connectivity index (χ1) is 11.1. The molecule has 0 spiro atoms. The van der Waals surface area contributed by atoms with Gasteiger partial charge in [-0.15, -0.1) is 0 Å². The van der Waals surface area contributed by atoms with Crippen molar-refractivity contribution < 1.29 is 19.8 Å². The standard InChI is InChI=1S/C18H15NO4/c20-11-19-15(12-7-3-1-4-8-12)14(17(22)18(19)23)16(21)13-9-5-2-6-10-13/h1-10,15,20-21H,11H2/t15-/m0/s1. The molecule has 0 radical (unpaired) electrons. The molecule has 5 nitrogen and oxygen atoms in total. The Labute approximate surface area is 133 Å². The van der Waals surface area contributed by atoms with Gasteiger partial charge in [-0.25, -0.2) is 0 Å². The Morgan fingerprint density at radius 2 is 1.52 bits per heavy atom. The van der Waals surface area contributed by atoms with Crippen LogP contribution in [0, 0.1) is 0 Å². The molecule has 1 aliphatic heterocycles. The van der Waals surface area contributed by atoms with Gasteiger partial charge in [0.2, 0.25) is 0 Å². The van der Waals surface area contributed by atoms with E-state index in [9.17, 15) is 19.8 Å². The Morgan fingerprint density at radius 3 is 2.09 bits per heavy atom. The fraction of sp³-hybridized carbons (Fsp3) is 0.111. The van der Waals surface area contributed by atoms with Crippen LogP contribution in [0.5, 0.6) is 0 Å². The Morgan fingerprint density at radius 1 is 0.957 bits per heavy atom. The van der Waals surface area contributed by atoms with Crippen LogP contribution in [-0.4, -0.2) is 33.5 Å². The minimum atomic E-state index is -0.821. The van der Waals surface area contributed by atoms with Gasteiger partial charge in [-0.2, -0.15) is 0 Å². The highest BCUT2D eigenvalue weighted by atomic mass is 16.3. The van der Waals surface area contributed by atoms with E-state index in [0.717, 1.165) is 4.90 Å². The van der Waals surface area contributed by atoms with Crippen molar-refractivity contribution >= 4 is 17.4 Å². The van der Waals surface area contributed by atoms with E-state index in [2.05, 4.69) is 0 Å². The molecule has 23 heavy (non-hydrogen) atoms. The molecule has 1 aliphatic rings. The largest absolute Gasteiger partial charge is 0.507 e. The summed E-state index contributed by atoms with van der Waals surface area (Å²) in [5.41, 5.74) is 1.09. The van der Waals surface area contributed by atoms with Crippen molar-refractivity contribution in [2.24, 2.45) is 0 Å². The number of carbonyl (C=O) groups excluding carboxylic acids is 2. The van der Waals surface area contributed by atoms with Crippen LogP contribution in [0.3, 0.4) is 0 Å². The van der Waals surface area contributed by atoms with Gasteiger partial charge in [0, 0.05) is 5.56 Å². The van der Waals surface area contributed by atoms with Gasteiger partial charge in [-0.3, -0.25) is 9.59 Å². The quantitative estimate of drug-likeness (QED) is 0.517. The zero-order valence-electron chi connectivity index (χ0n) is 12.2. The molecule has 1 amide bonds. The Hall–Kier alpha value is -2.92. The monoisotopic (exact) mass is 309 g/mol.